The molecule has 24 valence electrons. The van der Waals surface area contributed by atoms with Crippen LogP contribution in [0.1, 0.15) is 0 Å². The van der Waals surface area contributed by atoms with Gasteiger partial charge in [0.05, 0.1) is 0 Å². The smallest absolute Gasteiger partial charge is 0.407 e. The summed E-state index contributed by atoms with van der Waals surface area (Å²) in [7, 11) is 0. The van der Waals surface area contributed by atoms with Crippen molar-refractivity contribution in [1.82, 2.24) is 0 Å². The maximum Gasteiger partial charge on any atom is 0.407 e. The van der Waals surface area contributed by atoms with Gasteiger partial charge in [-0.2, -0.15) is 0 Å². The first-order valence-corrected chi connectivity index (χ1v) is 1.34. The van der Waals surface area contributed by atoms with Gasteiger partial charge >= 0.3 is 39.7 Å². The molecule has 0 radical (unpaired) electrons. The predicted octanol–water partition coefficient (Wildman–Crippen LogP) is -3.21. The monoisotopic (exact) mass is 90.0 g/mol. The zero-order valence-electron chi connectivity index (χ0n) is 1.95. The lowest BCUT2D eigenvalue weighted by Gasteiger charge is -1.16. The fourth-order valence-electron chi connectivity index (χ4n) is 0. The van der Waals surface area contributed by atoms with Crippen molar-refractivity contribution >= 4 is 39.7 Å². The van der Waals surface area contributed by atoms with E-state index in [1.54, 1.807) is 0 Å². The van der Waals surface area contributed by atoms with Crippen molar-refractivity contribution < 1.29 is 9.63 Å². The second kappa shape index (κ2) is 29.4. The van der Waals surface area contributed by atoms with Gasteiger partial charge in [-0.05, 0) is 0 Å². The molecule has 4 heavy (non-hydrogen) atoms. The average Bonchev–Trinajstić information content (AvgIpc) is 1.00. The Morgan fingerprint density at radius 1 is 1.25 bits per heavy atom. The number of rotatable bonds is 0. The summed E-state index contributed by atoms with van der Waals surface area (Å²) < 4.78 is 7.14. The molecular formula is H7AlMgO2. The van der Waals surface area contributed by atoms with E-state index in [9.17, 15) is 0 Å². The minimum Gasteiger partial charge on any atom is -0.521 e. The highest BCUT2D eigenvalue weighted by molar-refractivity contribution is 5.95. The van der Waals surface area contributed by atoms with Crippen LogP contribution in [0.5, 0.6) is 0 Å². The molecule has 0 aliphatic rings. The normalized spacial score (nSPS) is 1.25. The first-order valence-electron chi connectivity index (χ1n) is 0.447. The molecule has 0 bridgehead atoms. The van der Waals surface area contributed by atoms with Gasteiger partial charge in [0.1, 0.15) is 0 Å². The summed E-state index contributed by atoms with van der Waals surface area (Å²) in [6, 6.07) is 0. The fourth-order valence-corrected chi connectivity index (χ4v) is 0. The van der Waals surface area contributed by atoms with E-state index in [4.69, 9.17) is 4.16 Å². The average molecular weight is 90.3 g/mol. The quantitative estimate of drug-likeness (QED) is 0.313. The van der Waals surface area contributed by atoms with Gasteiger partial charge in [-0.1, -0.05) is 0 Å². The van der Waals surface area contributed by atoms with E-state index in [1.807, 2.05) is 0 Å². The third kappa shape index (κ3) is 10.7. The Hall–Kier alpha value is 1.22. The summed E-state index contributed by atoms with van der Waals surface area (Å²) in [5.74, 6) is 0. The summed E-state index contributed by atoms with van der Waals surface area (Å²) in [6.45, 7) is 0. The highest BCUT2D eigenvalue weighted by Gasteiger charge is 1.05. The van der Waals surface area contributed by atoms with E-state index in [1.165, 1.54) is 0 Å². The van der Waals surface area contributed by atoms with Crippen LogP contribution in [-0.4, -0.2) is 49.3 Å². The molecule has 0 rings (SSSR count). The summed E-state index contributed by atoms with van der Waals surface area (Å²) in [5.41, 5.74) is 0. The lowest BCUT2D eigenvalue weighted by atomic mass is 15.9. The van der Waals surface area contributed by atoms with Gasteiger partial charge in [-0.25, -0.2) is 0 Å². The molecule has 3 N–H and O–H groups in total. The van der Waals surface area contributed by atoms with E-state index in [0.717, 1.165) is 0 Å². The molecule has 0 aliphatic carbocycles. The van der Waals surface area contributed by atoms with Crippen molar-refractivity contribution in [2.24, 2.45) is 0 Å². The lowest BCUT2D eigenvalue weighted by molar-refractivity contribution is 0.629. The zero-order valence-corrected chi connectivity index (χ0v) is 3.95. The Kier molecular flexibility index (Phi) is 139. The fraction of sp³-hybridized carbons (Fsp3) is 0. The first-order chi connectivity index (χ1) is 1.00. The lowest BCUT2D eigenvalue weighted by Crippen LogP contribution is -1.34. The van der Waals surface area contributed by atoms with Gasteiger partial charge in [0.25, 0.3) is 0 Å². The maximum absolute atomic E-state index is 7.14. The van der Waals surface area contributed by atoms with Gasteiger partial charge in [-0.3, -0.25) is 0 Å². The van der Waals surface area contributed by atoms with Gasteiger partial charge in [-0.15, -0.1) is 0 Å². The second-order valence-electron chi connectivity index (χ2n) is 0. The van der Waals surface area contributed by atoms with Crippen LogP contribution in [0.2, 0.25) is 0 Å². The molecule has 0 saturated heterocycles. The van der Waals surface area contributed by atoms with Gasteiger partial charge in [0.2, 0.25) is 0 Å². The largest absolute Gasteiger partial charge is 0.521 e. The maximum atomic E-state index is 7.14. The molecule has 0 saturated carbocycles. The van der Waals surface area contributed by atoms with E-state index in [2.05, 4.69) is 0 Å². The zero-order chi connectivity index (χ0) is 2.00. The minimum absolute atomic E-state index is 0. The van der Waals surface area contributed by atoms with Crippen LogP contribution in [0.25, 0.3) is 0 Å². The summed E-state index contributed by atoms with van der Waals surface area (Å²) >= 11 is 0.306. The van der Waals surface area contributed by atoms with Crippen LogP contribution in [0.15, 0.2) is 0 Å². The highest BCUT2D eigenvalue weighted by atomic mass is 27.1. The molecule has 0 aromatic rings. The van der Waals surface area contributed by atoms with E-state index < -0.39 is 0 Å². The molecule has 0 atom stereocenters. The van der Waals surface area contributed by atoms with Crippen LogP contribution in [-0.2, 0) is 0 Å². The first kappa shape index (κ1) is 18.9. The van der Waals surface area contributed by atoms with Crippen molar-refractivity contribution in [3.63, 3.8) is 0 Å². The minimum atomic E-state index is 0. The molecule has 0 amide bonds. The van der Waals surface area contributed by atoms with E-state index in [0.29, 0.717) is 16.6 Å². The molecule has 2 nitrogen and oxygen atoms in total. The van der Waals surface area contributed by atoms with Crippen molar-refractivity contribution in [3.8, 4) is 0 Å². The van der Waals surface area contributed by atoms with E-state index >= 15 is 0 Å². The molecule has 0 spiro atoms. The molecule has 0 aromatic carbocycles. The molecule has 0 unspecified atom stereocenters. The molecule has 4 heteroatoms. The number of hydrogen-bond acceptors (Lipinski definition) is 1. The molecule has 0 aliphatic heterocycles. The SMILES string of the molecule is O.[MgH2].[OH][AlH2]. The summed E-state index contributed by atoms with van der Waals surface area (Å²) in [4.78, 5) is 0. The topological polar surface area (TPSA) is 51.7 Å². The van der Waals surface area contributed by atoms with Crippen LogP contribution in [0, 0.1) is 0 Å². The molecular weight excluding hydrogens is 83.3 g/mol. The van der Waals surface area contributed by atoms with Crippen LogP contribution in [0.4, 0.5) is 0 Å². The van der Waals surface area contributed by atoms with Crippen molar-refractivity contribution in [2.75, 3.05) is 0 Å². The highest BCUT2D eigenvalue weighted by Crippen LogP contribution is 0.666. The van der Waals surface area contributed by atoms with Gasteiger partial charge in [0.15, 0.2) is 0 Å². The molecule has 0 fully saturated rings. The third-order valence-corrected chi connectivity index (χ3v) is 0. The Morgan fingerprint density at radius 3 is 1.25 bits per heavy atom. The van der Waals surface area contributed by atoms with Crippen molar-refractivity contribution in [3.05, 3.63) is 0 Å². The number of hydrogen-bond donors (Lipinski definition) is 1. The summed E-state index contributed by atoms with van der Waals surface area (Å²) in [5, 5.41) is 0. The molecule has 0 aromatic heterocycles. The van der Waals surface area contributed by atoms with Gasteiger partial charge < -0.3 is 9.63 Å². The predicted molar refractivity (Wildman–Crippen MR) is 22.9 cm³/mol. The van der Waals surface area contributed by atoms with Crippen LogP contribution in [0.3, 0.4) is 0 Å². The van der Waals surface area contributed by atoms with E-state index in [-0.39, 0.29) is 28.5 Å². The van der Waals surface area contributed by atoms with Crippen LogP contribution >= 0.6 is 0 Å². The Labute approximate surface area is 49.4 Å². The van der Waals surface area contributed by atoms with Gasteiger partial charge in [0, 0.05) is 0 Å². The Morgan fingerprint density at radius 2 is 1.25 bits per heavy atom. The molecule has 0 heterocycles. The summed E-state index contributed by atoms with van der Waals surface area (Å²) in [6.07, 6.45) is 0. The second-order valence-corrected chi connectivity index (χ2v) is 0. The Balaban J connectivity index is -0.00000000500. The van der Waals surface area contributed by atoms with Crippen molar-refractivity contribution in [2.45, 2.75) is 0 Å². The van der Waals surface area contributed by atoms with Crippen LogP contribution < -0.4 is 0 Å². The van der Waals surface area contributed by atoms with Crippen molar-refractivity contribution in [1.29, 1.82) is 0 Å². The standard InChI is InChI=1S/Al.Mg.2H2O.4H/h;;2*1H2;;;;/q+1;;;;;;;/p-1. The Bertz CT molecular complexity index is 6.00. The third-order valence-electron chi connectivity index (χ3n) is 0.